The average molecular weight is 300 g/mol. The molecule has 8 heteroatoms. The molecule has 0 fully saturated rings. The van der Waals surface area contributed by atoms with Gasteiger partial charge in [0.2, 0.25) is 0 Å². The van der Waals surface area contributed by atoms with E-state index in [1.807, 2.05) is 0 Å². The number of halogens is 4. The summed E-state index contributed by atoms with van der Waals surface area (Å²) in [5.74, 6) is -0.589. The number of nitro benzene ring substituents is 1. The molecule has 1 rings (SSSR count). The van der Waals surface area contributed by atoms with Crippen molar-refractivity contribution in [2.24, 2.45) is 0 Å². The van der Waals surface area contributed by atoms with E-state index in [1.54, 1.807) is 0 Å². The molecule has 0 aromatic heterocycles. The fraction of sp³-hybridized carbons (Fsp3) is 0.250. The van der Waals surface area contributed by atoms with Gasteiger partial charge < -0.3 is 4.74 Å². The first-order valence-electron chi connectivity index (χ1n) is 3.91. The Morgan fingerprint density at radius 3 is 2.44 bits per heavy atom. The molecular formula is C8H5BrF3NO3. The number of ether oxygens (including phenoxy) is 1. The lowest BCUT2D eigenvalue weighted by Crippen LogP contribution is -2.18. The number of nitrogens with zero attached hydrogens (tertiary/aromatic N) is 1. The summed E-state index contributed by atoms with van der Waals surface area (Å²) in [7, 11) is 0. The summed E-state index contributed by atoms with van der Waals surface area (Å²) in [6.45, 7) is 1.36. The monoisotopic (exact) mass is 299 g/mol. The van der Waals surface area contributed by atoms with Crippen molar-refractivity contribution in [1.82, 2.24) is 0 Å². The third-order valence-corrected chi connectivity index (χ3v) is 2.54. The highest BCUT2D eigenvalue weighted by atomic mass is 79.9. The van der Waals surface area contributed by atoms with E-state index >= 15 is 0 Å². The van der Waals surface area contributed by atoms with Gasteiger partial charge in [0, 0.05) is 16.1 Å². The lowest BCUT2D eigenvalue weighted by molar-refractivity contribution is -0.385. The van der Waals surface area contributed by atoms with Crippen LogP contribution in [0.5, 0.6) is 5.75 Å². The molecule has 0 aliphatic carbocycles. The van der Waals surface area contributed by atoms with Crippen LogP contribution in [0.4, 0.5) is 18.9 Å². The van der Waals surface area contributed by atoms with Crippen molar-refractivity contribution < 1.29 is 22.8 Å². The van der Waals surface area contributed by atoms with Crippen LogP contribution in [0.1, 0.15) is 5.56 Å². The van der Waals surface area contributed by atoms with E-state index in [0.717, 1.165) is 12.1 Å². The van der Waals surface area contributed by atoms with E-state index in [4.69, 9.17) is 0 Å². The molecular weight excluding hydrogens is 295 g/mol. The molecule has 16 heavy (non-hydrogen) atoms. The Balaban J connectivity index is 3.22. The van der Waals surface area contributed by atoms with Gasteiger partial charge in [-0.15, -0.1) is 13.2 Å². The van der Waals surface area contributed by atoms with Crippen LogP contribution in [0.15, 0.2) is 16.6 Å². The molecule has 1 aromatic rings. The molecule has 0 spiro atoms. The lowest BCUT2D eigenvalue weighted by Gasteiger charge is -2.11. The van der Waals surface area contributed by atoms with Crippen molar-refractivity contribution in [2.45, 2.75) is 13.3 Å². The van der Waals surface area contributed by atoms with Gasteiger partial charge in [-0.05, 0) is 6.92 Å². The summed E-state index contributed by atoms with van der Waals surface area (Å²) in [5.41, 5.74) is -0.334. The Labute approximate surface area is 96.3 Å². The van der Waals surface area contributed by atoms with E-state index in [1.165, 1.54) is 6.92 Å². The fourth-order valence-corrected chi connectivity index (χ4v) is 1.41. The molecule has 0 aliphatic rings. The molecule has 0 N–H and O–H groups in total. The lowest BCUT2D eigenvalue weighted by atomic mass is 10.2. The minimum Gasteiger partial charge on any atom is -0.405 e. The van der Waals surface area contributed by atoms with Crippen LogP contribution in [-0.2, 0) is 0 Å². The van der Waals surface area contributed by atoms with E-state index in [0.29, 0.717) is 0 Å². The SMILES string of the molecule is Cc1c(Br)cc([N+](=O)[O-])cc1OC(F)(F)F. The maximum Gasteiger partial charge on any atom is 0.573 e. The summed E-state index contributed by atoms with van der Waals surface area (Å²) in [4.78, 5) is 9.63. The first-order chi connectivity index (χ1) is 7.20. The second-order valence-electron chi connectivity index (χ2n) is 2.86. The van der Waals surface area contributed by atoms with Crippen LogP contribution in [0, 0.1) is 17.0 Å². The number of hydrogen-bond acceptors (Lipinski definition) is 3. The molecule has 0 atom stereocenters. The van der Waals surface area contributed by atoms with Crippen molar-refractivity contribution in [3.8, 4) is 5.75 Å². The summed E-state index contributed by atoms with van der Waals surface area (Å²) in [5, 5.41) is 10.4. The summed E-state index contributed by atoms with van der Waals surface area (Å²) >= 11 is 2.92. The zero-order valence-electron chi connectivity index (χ0n) is 7.84. The Bertz CT molecular complexity index is 433. The van der Waals surface area contributed by atoms with Crippen molar-refractivity contribution in [1.29, 1.82) is 0 Å². The van der Waals surface area contributed by atoms with Crippen molar-refractivity contribution in [3.63, 3.8) is 0 Å². The van der Waals surface area contributed by atoms with Gasteiger partial charge in [-0.3, -0.25) is 10.1 Å². The maximum absolute atomic E-state index is 12.0. The molecule has 0 amide bonds. The van der Waals surface area contributed by atoms with Gasteiger partial charge in [-0.2, -0.15) is 0 Å². The second kappa shape index (κ2) is 4.28. The van der Waals surface area contributed by atoms with Crippen LogP contribution in [0.2, 0.25) is 0 Å². The molecule has 88 valence electrons. The van der Waals surface area contributed by atoms with Gasteiger partial charge in [0.05, 0.1) is 11.0 Å². The van der Waals surface area contributed by atoms with Crippen molar-refractivity contribution in [3.05, 3.63) is 32.3 Å². The third-order valence-electron chi connectivity index (χ3n) is 1.72. The van der Waals surface area contributed by atoms with Crippen LogP contribution in [0.25, 0.3) is 0 Å². The zero-order valence-corrected chi connectivity index (χ0v) is 9.42. The van der Waals surface area contributed by atoms with Gasteiger partial charge >= 0.3 is 6.36 Å². The normalized spacial score (nSPS) is 11.3. The molecule has 0 aliphatic heterocycles. The second-order valence-corrected chi connectivity index (χ2v) is 3.71. The number of nitro groups is 1. The largest absolute Gasteiger partial charge is 0.573 e. The van der Waals surface area contributed by atoms with Crippen LogP contribution >= 0.6 is 15.9 Å². The molecule has 0 heterocycles. The first kappa shape index (κ1) is 12.8. The van der Waals surface area contributed by atoms with E-state index in [2.05, 4.69) is 20.7 Å². The van der Waals surface area contributed by atoms with Gasteiger partial charge in [0.25, 0.3) is 5.69 Å². The Morgan fingerprint density at radius 2 is 2.00 bits per heavy atom. The standard InChI is InChI=1S/C8H5BrF3NO3/c1-4-6(9)2-5(13(14)15)3-7(4)16-8(10,11)12/h2-3H,1H3. The Morgan fingerprint density at radius 1 is 1.44 bits per heavy atom. The minimum absolute atomic E-state index is 0.142. The Kier molecular flexibility index (Phi) is 3.41. The maximum atomic E-state index is 12.0. The molecule has 0 saturated heterocycles. The quantitative estimate of drug-likeness (QED) is 0.620. The van der Waals surface area contributed by atoms with Gasteiger partial charge in [-0.1, -0.05) is 15.9 Å². The highest BCUT2D eigenvalue weighted by Crippen LogP contribution is 2.34. The van der Waals surface area contributed by atoms with Crippen molar-refractivity contribution in [2.75, 3.05) is 0 Å². The summed E-state index contributed by atoms with van der Waals surface area (Å²) < 4.78 is 39.8. The van der Waals surface area contributed by atoms with Gasteiger partial charge in [-0.25, -0.2) is 0 Å². The average Bonchev–Trinajstić information content (AvgIpc) is 2.10. The molecule has 0 saturated carbocycles. The molecule has 0 bridgehead atoms. The fourth-order valence-electron chi connectivity index (χ4n) is 0.976. The number of alkyl halides is 3. The van der Waals surface area contributed by atoms with Crippen molar-refractivity contribution >= 4 is 21.6 Å². The van der Waals surface area contributed by atoms with E-state index < -0.39 is 22.7 Å². The minimum atomic E-state index is -4.88. The molecule has 0 unspecified atom stereocenters. The van der Waals surface area contributed by atoms with Gasteiger partial charge in [0.1, 0.15) is 5.75 Å². The zero-order chi connectivity index (χ0) is 12.5. The molecule has 4 nitrogen and oxygen atoms in total. The van der Waals surface area contributed by atoms with Crippen LogP contribution in [-0.4, -0.2) is 11.3 Å². The van der Waals surface area contributed by atoms with E-state index in [-0.39, 0.29) is 10.0 Å². The topological polar surface area (TPSA) is 52.4 Å². The summed E-state index contributed by atoms with van der Waals surface area (Å²) in [6, 6.07) is 1.84. The molecule has 0 radical (unpaired) electrons. The van der Waals surface area contributed by atoms with Crippen LogP contribution < -0.4 is 4.74 Å². The van der Waals surface area contributed by atoms with E-state index in [9.17, 15) is 23.3 Å². The van der Waals surface area contributed by atoms with Gasteiger partial charge in [0.15, 0.2) is 0 Å². The number of non-ortho nitro benzene ring substituents is 1. The van der Waals surface area contributed by atoms with Crippen LogP contribution in [0.3, 0.4) is 0 Å². The number of rotatable bonds is 2. The third kappa shape index (κ3) is 3.09. The predicted molar refractivity (Wildman–Crippen MR) is 52.2 cm³/mol. The highest BCUT2D eigenvalue weighted by Gasteiger charge is 2.32. The molecule has 1 aromatic carbocycles. The number of benzene rings is 1. The highest BCUT2D eigenvalue weighted by molar-refractivity contribution is 9.10. The predicted octanol–water partition coefficient (Wildman–Crippen LogP) is 3.56. The summed E-state index contributed by atoms with van der Waals surface area (Å²) in [6.07, 6.45) is -4.88. The Hall–Kier alpha value is -1.31. The smallest absolute Gasteiger partial charge is 0.405 e. The first-order valence-corrected chi connectivity index (χ1v) is 4.70. The number of hydrogen-bond donors (Lipinski definition) is 0.